The fraction of sp³-hybridized carbons (Fsp3) is 0.200. The van der Waals surface area contributed by atoms with Crippen molar-refractivity contribution in [2.24, 2.45) is 0 Å². The molecule has 0 fully saturated rings. The summed E-state index contributed by atoms with van der Waals surface area (Å²) in [5.41, 5.74) is 3.00. The molecule has 1 N–H and O–H groups in total. The highest BCUT2D eigenvalue weighted by Crippen LogP contribution is 2.33. The summed E-state index contributed by atoms with van der Waals surface area (Å²) in [6.45, 7) is 1.08. The van der Waals surface area contributed by atoms with Gasteiger partial charge in [-0.05, 0) is 30.2 Å². The molecule has 1 aliphatic heterocycles. The highest BCUT2D eigenvalue weighted by Gasteiger charge is 2.27. The molecule has 120 valence electrons. The lowest BCUT2D eigenvalue weighted by atomic mass is 9.92. The Morgan fingerprint density at radius 2 is 1.96 bits per heavy atom. The van der Waals surface area contributed by atoms with Crippen LogP contribution in [0.15, 0.2) is 60.8 Å². The maximum absolute atomic E-state index is 12.7. The molecule has 2 aromatic carbocycles. The van der Waals surface area contributed by atoms with Crippen LogP contribution >= 0.6 is 0 Å². The minimum Gasteiger partial charge on any atom is -0.493 e. The van der Waals surface area contributed by atoms with Crippen LogP contribution in [0.1, 0.15) is 23.5 Å². The van der Waals surface area contributed by atoms with E-state index < -0.39 is 0 Å². The van der Waals surface area contributed by atoms with E-state index in [0.717, 1.165) is 27.8 Å². The average molecular weight is 318 g/mol. The first kappa shape index (κ1) is 14.7. The van der Waals surface area contributed by atoms with E-state index in [4.69, 9.17) is 4.74 Å². The molecule has 0 saturated carbocycles. The number of amides is 1. The van der Waals surface area contributed by atoms with Gasteiger partial charge in [0.2, 0.25) is 5.91 Å². The first-order valence-corrected chi connectivity index (χ1v) is 8.15. The molecular weight excluding hydrogens is 300 g/mol. The first-order chi connectivity index (χ1) is 11.8. The van der Waals surface area contributed by atoms with Crippen LogP contribution < -0.4 is 10.1 Å². The summed E-state index contributed by atoms with van der Waals surface area (Å²) in [4.78, 5) is 17.0. The Hall–Kier alpha value is -2.88. The summed E-state index contributed by atoms with van der Waals surface area (Å²) < 4.78 is 5.64. The van der Waals surface area contributed by atoms with Crippen molar-refractivity contribution in [3.63, 3.8) is 0 Å². The van der Waals surface area contributed by atoms with Crippen molar-refractivity contribution in [1.29, 1.82) is 0 Å². The van der Waals surface area contributed by atoms with Gasteiger partial charge < -0.3 is 10.1 Å². The number of nitrogens with one attached hydrogen (secondary N) is 1. The third-order valence-electron chi connectivity index (χ3n) is 4.47. The molecule has 1 aliphatic rings. The quantitative estimate of drug-likeness (QED) is 0.805. The summed E-state index contributed by atoms with van der Waals surface area (Å²) in [7, 11) is 0. The Kier molecular flexibility index (Phi) is 3.87. The van der Waals surface area contributed by atoms with Crippen LogP contribution in [-0.2, 0) is 11.3 Å². The summed E-state index contributed by atoms with van der Waals surface area (Å²) in [5, 5.41) is 4.16. The molecule has 0 spiro atoms. The van der Waals surface area contributed by atoms with Crippen LogP contribution in [0.3, 0.4) is 0 Å². The molecule has 0 unspecified atom stereocenters. The molecule has 0 saturated heterocycles. The van der Waals surface area contributed by atoms with Gasteiger partial charge in [0.25, 0.3) is 0 Å². The Balaban J connectivity index is 1.53. The molecule has 4 heteroatoms. The van der Waals surface area contributed by atoms with Gasteiger partial charge >= 0.3 is 0 Å². The number of nitrogens with zero attached hydrogens (tertiary/aromatic N) is 1. The van der Waals surface area contributed by atoms with E-state index in [-0.39, 0.29) is 11.8 Å². The van der Waals surface area contributed by atoms with Crippen molar-refractivity contribution in [1.82, 2.24) is 10.3 Å². The molecule has 4 rings (SSSR count). The molecule has 0 aliphatic carbocycles. The molecular formula is C20H18N2O2. The third kappa shape index (κ3) is 2.71. The maximum Gasteiger partial charge on any atom is 0.228 e. The Bertz CT molecular complexity index is 886. The number of para-hydroxylation sites is 2. The molecule has 1 atom stereocenters. The third-order valence-corrected chi connectivity index (χ3v) is 4.47. The Morgan fingerprint density at radius 3 is 2.92 bits per heavy atom. The van der Waals surface area contributed by atoms with Gasteiger partial charge in [-0.2, -0.15) is 0 Å². The SMILES string of the molecule is O=C(NCc1ccnc2ccccc12)[C@H]1CCOc2ccccc21. The smallest absolute Gasteiger partial charge is 0.228 e. The molecule has 1 aromatic heterocycles. The van der Waals surface area contributed by atoms with Gasteiger partial charge in [0.05, 0.1) is 18.0 Å². The van der Waals surface area contributed by atoms with E-state index in [1.807, 2.05) is 54.6 Å². The zero-order valence-corrected chi connectivity index (χ0v) is 13.2. The zero-order chi connectivity index (χ0) is 16.4. The van der Waals surface area contributed by atoms with E-state index in [9.17, 15) is 4.79 Å². The number of pyridine rings is 1. The van der Waals surface area contributed by atoms with Crippen LogP contribution in [0, 0.1) is 0 Å². The summed E-state index contributed by atoms with van der Waals surface area (Å²) >= 11 is 0. The van der Waals surface area contributed by atoms with E-state index in [2.05, 4.69) is 10.3 Å². The van der Waals surface area contributed by atoms with Gasteiger partial charge in [-0.3, -0.25) is 9.78 Å². The predicted octanol–water partition coefficient (Wildman–Crippen LogP) is 3.42. The fourth-order valence-electron chi connectivity index (χ4n) is 3.23. The fourth-order valence-corrected chi connectivity index (χ4v) is 3.23. The van der Waals surface area contributed by atoms with Gasteiger partial charge in [0.15, 0.2) is 0 Å². The number of ether oxygens (including phenoxy) is 1. The molecule has 2 heterocycles. The molecule has 4 nitrogen and oxygen atoms in total. The van der Waals surface area contributed by atoms with E-state index >= 15 is 0 Å². The number of aromatic nitrogens is 1. The predicted molar refractivity (Wildman–Crippen MR) is 92.9 cm³/mol. The van der Waals surface area contributed by atoms with Crippen molar-refractivity contribution in [3.8, 4) is 5.75 Å². The first-order valence-electron chi connectivity index (χ1n) is 8.15. The largest absolute Gasteiger partial charge is 0.493 e. The van der Waals surface area contributed by atoms with Gasteiger partial charge in [-0.15, -0.1) is 0 Å². The van der Waals surface area contributed by atoms with Crippen LogP contribution in [0.4, 0.5) is 0 Å². The number of hydrogen-bond acceptors (Lipinski definition) is 3. The van der Waals surface area contributed by atoms with Crippen molar-refractivity contribution in [3.05, 3.63) is 71.9 Å². The van der Waals surface area contributed by atoms with Gasteiger partial charge in [-0.1, -0.05) is 36.4 Å². The van der Waals surface area contributed by atoms with Crippen molar-refractivity contribution in [2.45, 2.75) is 18.9 Å². The van der Waals surface area contributed by atoms with Crippen molar-refractivity contribution in [2.75, 3.05) is 6.61 Å². The van der Waals surface area contributed by atoms with Crippen LogP contribution in [-0.4, -0.2) is 17.5 Å². The summed E-state index contributed by atoms with van der Waals surface area (Å²) in [6, 6.07) is 17.7. The second-order valence-electron chi connectivity index (χ2n) is 5.93. The van der Waals surface area contributed by atoms with Gasteiger partial charge in [0, 0.05) is 23.7 Å². The average Bonchev–Trinajstić information content (AvgIpc) is 2.65. The van der Waals surface area contributed by atoms with Gasteiger partial charge in [-0.25, -0.2) is 0 Å². The topological polar surface area (TPSA) is 51.2 Å². The normalized spacial score (nSPS) is 16.2. The second kappa shape index (κ2) is 6.32. The Morgan fingerprint density at radius 1 is 1.12 bits per heavy atom. The molecule has 24 heavy (non-hydrogen) atoms. The Labute approximate surface area is 140 Å². The highest BCUT2D eigenvalue weighted by atomic mass is 16.5. The minimum atomic E-state index is -0.150. The molecule has 1 amide bonds. The lowest BCUT2D eigenvalue weighted by Crippen LogP contribution is -2.32. The number of rotatable bonds is 3. The van der Waals surface area contributed by atoms with E-state index in [0.29, 0.717) is 19.6 Å². The number of hydrogen-bond donors (Lipinski definition) is 1. The lowest BCUT2D eigenvalue weighted by molar-refractivity contribution is -0.123. The van der Waals surface area contributed by atoms with Crippen LogP contribution in [0.25, 0.3) is 10.9 Å². The highest BCUT2D eigenvalue weighted by molar-refractivity contribution is 5.86. The van der Waals surface area contributed by atoms with Crippen LogP contribution in [0.2, 0.25) is 0 Å². The number of carbonyl (C=O) groups excluding carboxylic acids is 1. The maximum atomic E-state index is 12.7. The molecule has 0 radical (unpaired) electrons. The van der Waals surface area contributed by atoms with E-state index in [1.54, 1.807) is 6.20 Å². The zero-order valence-electron chi connectivity index (χ0n) is 13.2. The monoisotopic (exact) mass is 318 g/mol. The number of fused-ring (bicyclic) bond motifs is 2. The van der Waals surface area contributed by atoms with Crippen molar-refractivity contribution < 1.29 is 9.53 Å². The summed E-state index contributed by atoms with van der Waals surface area (Å²) in [6.07, 6.45) is 2.49. The second-order valence-corrected chi connectivity index (χ2v) is 5.93. The van der Waals surface area contributed by atoms with Gasteiger partial charge in [0.1, 0.15) is 5.75 Å². The van der Waals surface area contributed by atoms with Crippen molar-refractivity contribution >= 4 is 16.8 Å². The number of carbonyl (C=O) groups is 1. The molecule has 0 bridgehead atoms. The summed E-state index contributed by atoms with van der Waals surface area (Å²) in [5.74, 6) is 0.716. The lowest BCUT2D eigenvalue weighted by Gasteiger charge is -2.25. The van der Waals surface area contributed by atoms with Crippen LogP contribution in [0.5, 0.6) is 5.75 Å². The standard InChI is InChI=1S/C20H18N2O2/c23-20(17-10-12-24-19-8-4-2-6-16(17)19)22-13-14-9-11-21-18-7-3-1-5-15(14)18/h1-9,11,17H,10,12-13H2,(H,22,23)/t17-/m0/s1. The van der Waals surface area contributed by atoms with E-state index in [1.165, 1.54) is 0 Å². The molecule has 3 aromatic rings. The number of benzene rings is 2. The minimum absolute atomic E-state index is 0.0478.